The fraction of sp³-hybridized carbons (Fsp3) is 0.567. The standard InChI is InChI=1S/C30H43N7O5S2/c1-3-4-18-41-29-33-27(31)24-20-26(39)37(28(24)34-29)13-8-7-12-35-14-16-36(17-15-35)30(40)42-21-23-9-5-6-10-25(23)44-43-19-11-32-22(2)38/h5-6,9-10H,3-4,7-8,11-21H2,1-2H3,(H,32,38)(H2,31,33,34). The Kier molecular flexibility index (Phi) is 13.2. The Morgan fingerprint density at radius 2 is 1.84 bits per heavy atom. The van der Waals surface area contributed by atoms with Crippen LogP contribution in [0.25, 0.3) is 0 Å². The fourth-order valence-electron chi connectivity index (χ4n) is 4.90. The van der Waals surface area contributed by atoms with E-state index in [0.717, 1.165) is 61.5 Å². The van der Waals surface area contributed by atoms with Gasteiger partial charge in [0.1, 0.15) is 18.2 Å². The molecule has 0 aliphatic carbocycles. The van der Waals surface area contributed by atoms with Crippen LogP contribution in [-0.4, -0.2) is 95.8 Å². The zero-order chi connectivity index (χ0) is 31.3. The minimum atomic E-state index is -0.298. The molecule has 0 spiro atoms. The van der Waals surface area contributed by atoms with Gasteiger partial charge in [0.2, 0.25) is 11.8 Å². The number of nitrogens with two attached hydrogens (primary N) is 1. The van der Waals surface area contributed by atoms with E-state index in [2.05, 4.69) is 27.1 Å². The van der Waals surface area contributed by atoms with Crippen molar-refractivity contribution in [3.8, 4) is 6.01 Å². The molecule has 0 atom stereocenters. The van der Waals surface area contributed by atoms with Crippen molar-refractivity contribution in [2.75, 3.05) is 68.8 Å². The van der Waals surface area contributed by atoms with Gasteiger partial charge in [-0.3, -0.25) is 19.4 Å². The lowest BCUT2D eigenvalue weighted by molar-refractivity contribution is -0.119. The lowest BCUT2D eigenvalue weighted by atomic mass is 10.2. The van der Waals surface area contributed by atoms with Gasteiger partial charge in [0, 0.05) is 68.0 Å². The second kappa shape index (κ2) is 17.3. The summed E-state index contributed by atoms with van der Waals surface area (Å²) < 4.78 is 11.3. The first kappa shape index (κ1) is 33.7. The summed E-state index contributed by atoms with van der Waals surface area (Å²) in [4.78, 5) is 52.1. The van der Waals surface area contributed by atoms with Crippen molar-refractivity contribution in [1.82, 2.24) is 25.1 Å². The number of fused-ring (bicyclic) bond motifs is 1. The van der Waals surface area contributed by atoms with Crippen LogP contribution in [-0.2, 0) is 27.4 Å². The summed E-state index contributed by atoms with van der Waals surface area (Å²) in [6, 6.07) is 8.12. The molecule has 2 aromatic rings. The molecule has 0 radical (unpaired) electrons. The maximum Gasteiger partial charge on any atom is 0.410 e. The Morgan fingerprint density at radius 1 is 1.07 bits per heavy atom. The Morgan fingerprint density at radius 3 is 2.61 bits per heavy atom. The van der Waals surface area contributed by atoms with Gasteiger partial charge in [-0.05, 0) is 31.9 Å². The minimum Gasteiger partial charge on any atom is -0.463 e. The van der Waals surface area contributed by atoms with Crippen molar-refractivity contribution in [1.29, 1.82) is 0 Å². The molecule has 0 saturated carbocycles. The van der Waals surface area contributed by atoms with Gasteiger partial charge in [0.05, 0.1) is 13.0 Å². The van der Waals surface area contributed by atoms with Gasteiger partial charge in [-0.2, -0.15) is 9.97 Å². The highest BCUT2D eigenvalue weighted by Gasteiger charge is 2.32. The van der Waals surface area contributed by atoms with E-state index in [1.807, 2.05) is 24.3 Å². The molecule has 3 N–H and O–H groups in total. The molecule has 4 rings (SSSR count). The Balaban J connectivity index is 1.15. The number of nitrogen functional groups attached to an aromatic ring is 1. The van der Waals surface area contributed by atoms with Crippen LogP contribution in [0.4, 0.5) is 16.4 Å². The lowest BCUT2D eigenvalue weighted by Gasteiger charge is -2.34. The number of amides is 3. The molecule has 3 amide bonds. The zero-order valence-corrected chi connectivity index (χ0v) is 27.2. The third-order valence-corrected chi connectivity index (χ3v) is 9.84. The van der Waals surface area contributed by atoms with Crippen LogP contribution in [0.15, 0.2) is 29.2 Å². The number of piperazine rings is 1. The van der Waals surface area contributed by atoms with Crippen molar-refractivity contribution < 1.29 is 23.9 Å². The topological polar surface area (TPSA) is 143 Å². The zero-order valence-electron chi connectivity index (χ0n) is 25.6. The molecular formula is C30H43N7O5S2. The number of unbranched alkanes of at least 4 members (excludes halogenated alkanes) is 2. The van der Waals surface area contributed by atoms with E-state index < -0.39 is 0 Å². The van der Waals surface area contributed by atoms with Crippen LogP contribution in [0.5, 0.6) is 6.01 Å². The highest BCUT2D eigenvalue weighted by molar-refractivity contribution is 8.76. The van der Waals surface area contributed by atoms with E-state index in [1.54, 1.807) is 31.4 Å². The molecule has 12 nitrogen and oxygen atoms in total. The molecule has 2 aliphatic rings. The molecule has 2 aliphatic heterocycles. The van der Waals surface area contributed by atoms with E-state index >= 15 is 0 Å². The summed E-state index contributed by atoms with van der Waals surface area (Å²) in [6.07, 6.45) is 3.57. The first-order valence-electron chi connectivity index (χ1n) is 15.2. The highest BCUT2D eigenvalue weighted by Crippen LogP contribution is 2.34. The largest absolute Gasteiger partial charge is 0.463 e. The number of carbonyl (C=O) groups is 3. The normalized spacial score (nSPS) is 14.9. The quantitative estimate of drug-likeness (QED) is 0.204. The molecule has 0 unspecified atom stereocenters. The van der Waals surface area contributed by atoms with Gasteiger partial charge < -0.3 is 25.4 Å². The highest BCUT2D eigenvalue weighted by atomic mass is 33.1. The molecular weight excluding hydrogens is 603 g/mol. The van der Waals surface area contributed by atoms with Gasteiger partial charge >= 0.3 is 12.1 Å². The van der Waals surface area contributed by atoms with Gasteiger partial charge in [-0.15, -0.1) is 0 Å². The first-order valence-corrected chi connectivity index (χ1v) is 17.5. The molecule has 14 heteroatoms. The number of rotatable bonds is 16. The number of anilines is 2. The number of hydrogen-bond acceptors (Lipinski definition) is 11. The molecule has 0 bridgehead atoms. The van der Waals surface area contributed by atoms with Crippen LogP contribution in [0.3, 0.4) is 0 Å². The molecule has 3 heterocycles. The molecule has 1 saturated heterocycles. The van der Waals surface area contributed by atoms with Crippen LogP contribution in [0, 0.1) is 0 Å². The van der Waals surface area contributed by atoms with Crippen molar-refractivity contribution in [2.24, 2.45) is 0 Å². The van der Waals surface area contributed by atoms with Gasteiger partial charge in [-0.25, -0.2) is 4.79 Å². The van der Waals surface area contributed by atoms with Crippen molar-refractivity contribution in [2.45, 2.75) is 57.5 Å². The predicted molar refractivity (Wildman–Crippen MR) is 174 cm³/mol. The first-order chi connectivity index (χ1) is 21.4. The summed E-state index contributed by atoms with van der Waals surface area (Å²) in [7, 11) is 3.27. The summed E-state index contributed by atoms with van der Waals surface area (Å²) in [5.41, 5.74) is 7.75. The Labute approximate surface area is 267 Å². The van der Waals surface area contributed by atoms with Gasteiger partial charge in [0.15, 0.2) is 0 Å². The molecule has 1 aromatic carbocycles. The number of benzene rings is 1. The summed E-state index contributed by atoms with van der Waals surface area (Å²) in [5, 5.41) is 2.79. The SMILES string of the molecule is CCCCOc1nc(N)c2c(n1)N(CCCCN1CCN(C(=O)OCc3ccccc3SSCCNC(C)=O)CC1)C(=O)C2. The predicted octanol–water partition coefficient (Wildman–Crippen LogP) is 3.74. The third kappa shape index (κ3) is 9.89. The average molecular weight is 646 g/mol. The van der Waals surface area contributed by atoms with E-state index in [4.69, 9.17) is 15.2 Å². The lowest BCUT2D eigenvalue weighted by Crippen LogP contribution is -2.49. The Hall–Kier alpha value is -3.23. The second-order valence-corrected chi connectivity index (χ2v) is 13.2. The number of nitrogens with one attached hydrogen (secondary N) is 1. The van der Waals surface area contributed by atoms with Gasteiger partial charge in [-0.1, -0.05) is 53.1 Å². The Bertz CT molecular complexity index is 1280. The monoisotopic (exact) mass is 645 g/mol. The summed E-state index contributed by atoms with van der Waals surface area (Å²) in [5.74, 6) is 1.62. The molecule has 44 heavy (non-hydrogen) atoms. The smallest absolute Gasteiger partial charge is 0.410 e. The van der Waals surface area contributed by atoms with Crippen LogP contribution in [0.2, 0.25) is 0 Å². The summed E-state index contributed by atoms with van der Waals surface area (Å²) in [6.45, 7) is 9.18. The van der Waals surface area contributed by atoms with E-state index in [1.165, 1.54) is 6.92 Å². The van der Waals surface area contributed by atoms with Crippen LogP contribution >= 0.6 is 21.6 Å². The van der Waals surface area contributed by atoms with Crippen LogP contribution < -0.4 is 20.7 Å². The van der Waals surface area contributed by atoms with Crippen molar-refractivity contribution in [3.05, 3.63) is 35.4 Å². The number of hydrogen-bond donors (Lipinski definition) is 2. The van der Waals surface area contributed by atoms with Crippen molar-refractivity contribution >= 4 is 51.1 Å². The minimum absolute atomic E-state index is 0.0132. The molecule has 240 valence electrons. The van der Waals surface area contributed by atoms with Crippen molar-refractivity contribution in [3.63, 3.8) is 0 Å². The van der Waals surface area contributed by atoms with E-state index in [9.17, 15) is 14.4 Å². The number of carbonyl (C=O) groups excluding carboxylic acids is 3. The van der Waals surface area contributed by atoms with Crippen LogP contribution in [0.1, 0.15) is 50.7 Å². The van der Waals surface area contributed by atoms with E-state index in [-0.39, 0.29) is 36.9 Å². The van der Waals surface area contributed by atoms with E-state index in [0.29, 0.717) is 50.0 Å². The maximum absolute atomic E-state index is 12.8. The molecule has 1 aromatic heterocycles. The summed E-state index contributed by atoms with van der Waals surface area (Å²) >= 11 is 0. The fourth-order valence-corrected chi connectivity index (χ4v) is 7.03. The second-order valence-electron chi connectivity index (χ2n) is 10.7. The molecule has 1 fully saturated rings. The third-order valence-electron chi connectivity index (χ3n) is 7.38. The number of aromatic nitrogens is 2. The number of nitrogens with zero attached hydrogens (tertiary/aromatic N) is 5. The van der Waals surface area contributed by atoms with Gasteiger partial charge in [0.25, 0.3) is 0 Å². The maximum atomic E-state index is 12.8. The average Bonchev–Trinajstić information content (AvgIpc) is 3.34. The number of ether oxygens (including phenoxy) is 2.